The third-order valence-corrected chi connectivity index (χ3v) is 13.4. The lowest BCUT2D eigenvalue weighted by atomic mass is 9.97. The third-order valence-electron chi connectivity index (χ3n) is 13.4. The van der Waals surface area contributed by atoms with E-state index in [1.54, 1.807) is 0 Å². The zero-order valence-corrected chi connectivity index (χ0v) is 36.6. The van der Waals surface area contributed by atoms with Crippen molar-refractivity contribution in [3.8, 4) is 50.2 Å². The summed E-state index contributed by atoms with van der Waals surface area (Å²) >= 11 is 0. The Morgan fingerprint density at radius 1 is 0.313 bits per heavy atom. The van der Waals surface area contributed by atoms with Gasteiger partial charge in [0.2, 0.25) is 0 Å². The van der Waals surface area contributed by atoms with Gasteiger partial charge in [0.15, 0.2) is 0 Å². The Morgan fingerprint density at radius 2 is 0.836 bits per heavy atom. The lowest BCUT2D eigenvalue weighted by Gasteiger charge is -2.28. The Balaban J connectivity index is 0.863. The molecule has 3 heteroatoms. The molecule has 0 aliphatic carbocycles. The van der Waals surface area contributed by atoms with E-state index in [0.29, 0.717) is 0 Å². The van der Waals surface area contributed by atoms with Gasteiger partial charge in [0.25, 0.3) is 0 Å². The molecule has 0 unspecified atom stereocenters. The highest BCUT2D eigenvalue weighted by Crippen LogP contribution is 2.44. The third kappa shape index (κ3) is 6.67. The highest BCUT2D eigenvalue weighted by molar-refractivity contribution is 6.13. The molecule has 3 nitrogen and oxygen atoms in total. The molecule has 0 N–H and O–H groups in total. The SMILES string of the molecule is c1cc(-c2cccc3oc4ccccc4c23)cc(N(c2ccc(-c3ccc(-c4ccc(-n5c6ccccc6c6ccccc65)cc4)cc3)cc2)c2ccccc2-c2ccc3ccccc3c2)c1. The van der Waals surface area contributed by atoms with Gasteiger partial charge in [-0.05, 0) is 123 Å². The first-order chi connectivity index (χ1) is 33.2. The monoisotopic (exact) mass is 854 g/mol. The molecular formula is C64H42N2O. The fourth-order valence-corrected chi connectivity index (χ4v) is 10.2. The summed E-state index contributed by atoms with van der Waals surface area (Å²) in [5.74, 6) is 0. The summed E-state index contributed by atoms with van der Waals surface area (Å²) in [6.45, 7) is 0. The molecule has 0 bridgehead atoms. The van der Waals surface area contributed by atoms with Gasteiger partial charge in [-0.15, -0.1) is 0 Å². The van der Waals surface area contributed by atoms with Gasteiger partial charge in [-0.25, -0.2) is 0 Å². The van der Waals surface area contributed by atoms with E-state index >= 15 is 0 Å². The number of nitrogens with zero attached hydrogens (tertiary/aromatic N) is 2. The van der Waals surface area contributed by atoms with Gasteiger partial charge in [-0.1, -0.05) is 182 Å². The fraction of sp³-hybridized carbons (Fsp3) is 0. The lowest BCUT2D eigenvalue weighted by Crippen LogP contribution is -2.11. The summed E-state index contributed by atoms with van der Waals surface area (Å²) in [4.78, 5) is 2.40. The van der Waals surface area contributed by atoms with Crippen LogP contribution in [0.25, 0.3) is 105 Å². The number of hydrogen-bond donors (Lipinski definition) is 0. The van der Waals surface area contributed by atoms with Crippen molar-refractivity contribution < 1.29 is 4.42 Å². The Kier molecular flexibility index (Phi) is 9.17. The van der Waals surface area contributed by atoms with Crippen LogP contribution in [0.4, 0.5) is 17.1 Å². The summed E-state index contributed by atoms with van der Waals surface area (Å²) in [5, 5.41) is 7.24. The topological polar surface area (TPSA) is 21.3 Å². The highest BCUT2D eigenvalue weighted by atomic mass is 16.3. The van der Waals surface area contributed by atoms with Crippen molar-refractivity contribution in [3.05, 3.63) is 255 Å². The van der Waals surface area contributed by atoms with Crippen molar-refractivity contribution >= 4 is 71.6 Å². The van der Waals surface area contributed by atoms with Crippen molar-refractivity contribution in [2.45, 2.75) is 0 Å². The molecule has 13 aromatic rings. The molecule has 0 saturated heterocycles. The van der Waals surface area contributed by atoms with Crippen LogP contribution in [0.3, 0.4) is 0 Å². The molecule has 0 radical (unpaired) electrons. The molecule has 13 rings (SSSR count). The second kappa shape index (κ2) is 16.0. The van der Waals surface area contributed by atoms with Crippen LogP contribution < -0.4 is 4.90 Å². The van der Waals surface area contributed by atoms with Crippen LogP contribution in [0.2, 0.25) is 0 Å². The van der Waals surface area contributed by atoms with Crippen LogP contribution in [0.5, 0.6) is 0 Å². The highest BCUT2D eigenvalue weighted by Gasteiger charge is 2.20. The molecule has 67 heavy (non-hydrogen) atoms. The maximum absolute atomic E-state index is 6.33. The summed E-state index contributed by atoms with van der Waals surface area (Å²) in [6.07, 6.45) is 0. The quantitative estimate of drug-likeness (QED) is 0.152. The zero-order valence-electron chi connectivity index (χ0n) is 36.6. The molecule has 0 spiro atoms. The fourth-order valence-electron chi connectivity index (χ4n) is 10.2. The van der Waals surface area contributed by atoms with Gasteiger partial charge in [0.05, 0.1) is 16.7 Å². The van der Waals surface area contributed by atoms with Gasteiger partial charge in [0.1, 0.15) is 11.2 Å². The Morgan fingerprint density at radius 3 is 1.57 bits per heavy atom. The van der Waals surface area contributed by atoms with E-state index in [1.807, 2.05) is 12.1 Å². The molecule has 2 heterocycles. The van der Waals surface area contributed by atoms with Gasteiger partial charge in [-0.2, -0.15) is 0 Å². The molecule has 0 amide bonds. The number of aromatic nitrogens is 1. The van der Waals surface area contributed by atoms with E-state index in [0.717, 1.165) is 66.9 Å². The largest absolute Gasteiger partial charge is 0.456 e. The predicted octanol–water partition coefficient (Wildman–Crippen LogP) is 18.0. The van der Waals surface area contributed by atoms with Crippen molar-refractivity contribution in [2.24, 2.45) is 0 Å². The van der Waals surface area contributed by atoms with Gasteiger partial charge < -0.3 is 13.9 Å². The smallest absolute Gasteiger partial charge is 0.136 e. The van der Waals surface area contributed by atoms with Crippen molar-refractivity contribution in [3.63, 3.8) is 0 Å². The molecule has 2 aromatic heterocycles. The molecule has 0 saturated carbocycles. The number of rotatable bonds is 8. The van der Waals surface area contributed by atoms with Crippen LogP contribution >= 0.6 is 0 Å². The number of para-hydroxylation sites is 4. The first kappa shape index (κ1) is 38.5. The maximum atomic E-state index is 6.33. The first-order valence-electron chi connectivity index (χ1n) is 22.9. The van der Waals surface area contributed by atoms with E-state index in [4.69, 9.17) is 4.42 Å². The minimum Gasteiger partial charge on any atom is -0.456 e. The number of fused-ring (bicyclic) bond motifs is 7. The van der Waals surface area contributed by atoms with Crippen LogP contribution in [0.1, 0.15) is 0 Å². The standard InChI is InChI=1S/C64H42N2O/c1-2-14-48-41-50(32-31-43(48)13-1)54-17-3-7-22-59(54)65(53-16-11-15-49(42-53)55-21-12-26-63-64(55)58-20-6-10-25-62(58)67-63)51-37-33-46(34-38-51)44-27-29-45(30-28-44)47-35-39-52(40-36-47)66-60-23-8-4-18-56(60)57-19-5-9-24-61(57)66/h1-42H. The molecule has 0 atom stereocenters. The average Bonchev–Trinajstić information content (AvgIpc) is 3.95. The van der Waals surface area contributed by atoms with Crippen molar-refractivity contribution in [1.29, 1.82) is 0 Å². The van der Waals surface area contributed by atoms with E-state index < -0.39 is 0 Å². The predicted molar refractivity (Wildman–Crippen MR) is 282 cm³/mol. The first-order valence-corrected chi connectivity index (χ1v) is 22.9. The second-order valence-electron chi connectivity index (χ2n) is 17.3. The van der Waals surface area contributed by atoms with Crippen molar-refractivity contribution in [2.75, 3.05) is 4.90 Å². The number of anilines is 3. The molecule has 0 aliphatic rings. The average molecular weight is 855 g/mol. The second-order valence-corrected chi connectivity index (χ2v) is 17.3. The summed E-state index contributed by atoms with van der Waals surface area (Å²) in [6, 6.07) is 91.9. The van der Waals surface area contributed by atoms with Crippen molar-refractivity contribution in [1.82, 2.24) is 4.57 Å². The van der Waals surface area contributed by atoms with E-state index in [2.05, 4.69) is 252 Å². The summed E-state index contributed by atoms with van der Waals surface area (Å²) < 4.78 is 8.70. The Labute approximate surface area is 388 Å². The Hall–Kier alpha value is -8.92. The van der Waals surface area contributed by atoms with Crippen LogP contribution in [-0.4, -0.2) is 4.57 Å². The van der Waals surface area contributed by atoms with E-state index in [-0.39, 0.29) is 0 Å². The van der Waals surface area contributed by atoms with Gasteiger partial charge in [-0.3, -0.25) is 0 Å². The maximum Gasteiger partial charge on any atom is 0.136 e. The molecule has 0 aliphatic heterocycles. The zero-order chi connectivity index (χ0) is 44.3. The number of hydrogen-bond acceptors (Lipinski definition) is 2. The molecular weight excluding hydrogens is 813 g/mol. The lowest BCUT2D eigenvalue weighted by molar-refractivity contribution is 0.669. The summed E-state index contributed by atoms with van der Waals surface area (Å²) in [7, 11) is 0. The van der Waals surface area contributed by atoms with Gasteiger partial charge in [0, 0.05) is 44.2 Å². The van der Waals surface area contributed by atoms with E-state index in [1.165, 1.54) is 54.8 Å². The molecule has 11 aromatic carbocycles. The minimum atomic E-state index is 0.889. The van der Waals surface area contributed by atoms with E-state index in [9.17, 15) is 0 Å². The van der Waals surface area contributed by atoms with Gasteiger partial charge >= 0.3 is 0 Å². The minimum absolute atomic E-state index is 0.889. The molecule has 0 fully saturated rings. The van der Waals surface area contributed by atoms with Crippen LogP contribution in [-0.2, 0) is 0 Å². The molecule has 314 valence electrons. The number of benzene rings is 11. The van der Waals surface area contributed by atoms with Crippen LogP contribution in [0, 0.1) is 0 Å². The Bertz CT molecular complexity index is 3920. The summed E-state index contributed by atoms with van der Waals surface area (Å²) in [5.41, 5.74) is 17.9. The number of furan rings is 1. The normalized spacial score (nSPS) is 11.6. The van der Waals surface area contributed by atoms with Crippen LogP contribution in [0.15, 0.2) is 259 Å².